The maximum atomic E-state index is 12.7. The fourth-order valence-corrected chi connectivity index (χ4v) is 5.80. The van der Waals surface area contributed by atoms with E-state index >= 15 is 0 Å². The molecule has 1 aromatic heterocycles. The van der Waals surface area contributed by atoms with Crippen molar-refractivity contribution in [1.82, 2.24) is 9.88 Å². The molecule has 1 aliphatic heterocycles. The highest BCUT2D eigenvalue weighted by atomic mass is 32.2. The number of amides is 3. The van der Waals surface area contributed by atoms with Crippen LogP contribution in [0.1, 0.15) is 12.0 Å². The van der Waals surface area contributed by atoms with Crippen molar-refractivity contribution in [2.45, 2.75) is 11.3 Å². The minimum absolute atomic E-state index is 0.0113. The Morgan fingerprint density at radius 1 is 1.11 bits per heavy atom. The molecular weight excluding hydrogens is 524 g/mol. The van der Waals surface area contributed by atoms with E-state index in [1.165, 1.54) is 30.5 Å². The lowest BCUT2D eigenvalue weighted by Crippen LogP contribution is -2.31. The Balaban J connectivity index is 1.32. The van der Waals surface area contributed by atoms with Crippen LogP contribution in [-0.2, 0) is 19.6 Å². The van der Waals surface area contributed by atoms with Gasteiger partial charge in [-0.15, -0.1) is 11.3 Å². The zero-order chi connectivity index (χ0) is 25.7. The van der Waals surface area contributed by atoms with E-state index in [0.717, 1.165) is 33.6 Å². The van der Waals surface area contributed by atoms with Crippen LogP contribution in [0.3, 0.4) is 0 Å². The second-order valence-corrected chi connectivity index (χ2v) is 10.9. The van der Waals surface area contributed by atoms with Crippen LogP contribution in [-0.4, -0.2) is 49.0 Å². The maximum absolute atomic E-state index is 12.7. The number of hydrogen-bond acceptors (Lipinski definition) is 9. The Hall–Kier alpha value is -3.68. The van der Waals surface area contributed by atoms with Gasteiger partial charge in [0.15, 0.2) is 5.13 Å². The van der Waals surface area contributed by atoms with Crippen LogP contribution < -0.4 is 14.8 Å². The quantitative estimate of drug-likeness (QED) is 0.386. The number of carbonyl (C=O) groups is 3. The predicted octanol–water partition coefficient (Wildman–Crippen LogP) is 4.02. The zero-order valence-corrected chi connectivity index (χ0v) is 21.3. The molecule has 13 heteroatoms. The van der Waals surface area contributed by atoms with E-state index in [-0.39, 0.29) is 27.9 Å². The summed E-state index contributed by atoms with van der Waals surface area (Å²) < 4.78 is 32.3. The van der Waals surface area contributed by atoms with Crippen LogP contribution in [0.4, 0.5) is 15.6 Å². The number of imide groups is 1. The number of rotatable bonds is 9. The molecule has 1 saturated heterocycles. The Bertz CT molecular complexity index is 1400. The van der Waals surface area contributed by atoms with Gasteiger partial charge in [0.25, 0.3) is 21.2 Å². The van der Waals surface area contributed by atoms with E-state index in [1.807, 2.05) is 0 Å². The number of thioether (sulfide) groups is 1. The third-order valence-corrected chi connectivity index (χ3v) is 8.03. The molecule has 4 rings (SSSR count). The van der Waals surface area contributed by atoms with Crippen molar-refractivity contribution in [1.29, 1.82) is 0 Å². The molecular formula is C23H20N4O6S3. The van der Waals surface area contributed by atoms with Gasteiger partial charge < -0.3 is 10.1 Å². The number of sulfonamides is 1. The number of nitrogens with one attached hydrogen (secondary N) is 2. The monoisotopic (exact) mass is 544 g/mol. The number of nitrogens with zero attached hydrogens (tertiary/aromatic N) is 2. The molecule has 3 amide bonds. The largest absolute Gasteiger partial charge is 0.497 e. The molecule has 0 radical (unpaired) electrons. The summed E-state index contributed by atoms with van der Waals surface area (Å²) in [7, 11) is -2.25. The van der Waals surface area contributed by atoms with E-state index in [2.05, 4.69) is 15.0 Å². The molecule has 3 aromatic rings. The van der Waals surface area contributed by atoms with Gasteiger partial charge in [-0.2, -0.15) is 0 Å². The molecule has 0 aliphatic carbocycles. The van der Waals surface area contributed by atoms with Gasteiger partial charge in [-0.3, -0.25) is 24.0 Å². The van der Waals surface area contributed by atoms with Crippen LogP contribution in [0, 0.1) is 0 Å². The lowest BCUT2D eigenvalue weighted by Gasteiger charge is -2.12. The van der Waals surface area contributed by atoms with E-state index in [4.69, 9.17) is 4.74 Å². The highest BCUT2D eigenvalue weighted by molar-refractivity contribution is 8.18. The smallest absolute Gasteiger partial charge is 0.293 e. The van der Waals surface area contributed by atoms with Crippen LogP contribution in [0.5, 0.6) is 5.75 Å². The number of benzene rings is 2. The van der Waals surface area contributed by atoms with Gasteiger partial charge in [-0.05, 0) is 59.8 Å². The number of anilines is 2. The van der Waals surface area contributed by atoms with Crippen LogP contribution in [0.25, 0.3) is 6.08 Å². The highest BCUT2D eigenvalue weighted by Gasteiger charge is 2.35. The number of methoxy groups -OCH3 is 1. The SMILES string of the molecule is COc1ccc(C=C2SC(=O)N(CCC(=O)Nc3ccc(S(=O)(=O)Nc4nccs4)cc3)C2=O)cc1. The molecule has 0 unspecified atom stereocenters. The van der Waals surface area contributed by atoms with Gasteiger partial charge in [0.05, 0.1) is 16.9 Å². The molecule has 186 valence electrons. The Morgan fingerprint density at radius 2 is 1.83 bits per heavy atom. The third kappa shape index (κ3) is 6.11. The van der Waals surface area contributed by atoms with Gasteiger partial charge in [-0.1, -0.05) is 12.1 Å². The number of carbonyl (C=O) groups excluding carboxylic acids is 3. The Morgan fingerprint density at radius 3 is 2.47 bits per heavy atom. The number of thiazole rings is 1. The fraction of sp³-hybridized carbons (Fsp3) is 0.130. The Kier molecular flexibility index (Phi) is 7.72. The normalized spacial score (nSPS) is 14.8. The van der Waals surface area contributed by atoms with E-state index in [0.29, 0.717) is 11.4 Å². The van der Waals surface area contributed by atoms with Crippen molar-refractivity contribution >= 4 is 67.1 Å². The van der Waals surface area contributed by atoms with Gasteiger partial charge in [0.2, 0.25) is 5.91 Å². The standard InChI is InChI=1S/C23H20N4O6S3/c1-33-17-6-2-15(3-7-17)14-19-21(29)27(23(30)35-19)12-10-20(28)25-16-4-8-18(9-5-16)36(31,32)26-22-24-11-13-34-22/h2-9,11,13-14H,10,12H2,1H3,(H,24,26)(H,25,28). The van der Waals surface area contributed by atoms with E-state index in [1.54, 1.807) is 42.8 Å². The minimum atomic E-state index is -3.80. The van der Waals surface area contributed by atoms with Gasteiger partial charge in [0.1, 0.15) is 5.75 Å². The second kappa shape index (κ2) is 10.9. The van der Waals surface area contributed by atoms with Crippen LogP contribution >= 0.6 is 23.1 Å². The molecule has 36 heavy (non-hydrogen) atoms. The first-order valence-electron chi connectivity index (χ1n) is 10.5. The zero-order valence-electron chi connectivity index (χ0n) is 18.8. The molecule has 0 bridgehead atoms. The third-order valence-electron chi connectivity index (χ3n) is 4.95. The maximum Gasteiger partial charge on any atom is 0.293 e. The average Bonchev–Trinajstić information content (AvgIpc) is 3.45. The van der Waals surface area contributed by atoms with Crippen LogP contribution in [0.2, 0.25) is 0 Å². The van der Waals surface area contributed by atoms with Gasteiger partial charge in [-0.25, -0.2) is 13.4 Å². The summed E-state index contributed by atoms with van der Waals surface area (Å²) in [4.78, 5) is 42.5. The number of aromatic nitrogens is 1. The first kappa shape index (κ1) is 25.4. The second-order valence-electron chi connectivity index (χ2n) is 7.37. The molecule has 0 saturated carbocycles. The minimum Gasteiger partial charge on any atom is -0.497 e. The molecule has 2 N–H and O–H groups in total. The fourth-order valence-electron chi connectivity index (χ4n) is 3.15. The highest BCUT2D eigenvalue weighted by Crippen LogP contribution is 2.32. The molecule has 1 fully saturated rings. The predicted molar refractivity (Wildman–Crippen MR) is 138 cm³/mol. The lowest BCUT2D eigenvalue weighted by molar-refractivity contribution is -0.123. The summed E-state index contributed by atoms with van der Waals surface area (Å²) in [5, 5.41) is 4.08. The summed E-state index contributed by atoms with van der Waals surface area (Å²) in [5.74, 6) is -0.213. The van der Waals surface area contributed by atoms with Crippen molar-refractivity contribution in [2.24, 2.45) is 0 Å². The summed E-state index contributed by atoms with van der Waals surface area (Å²) in [6.07, 6.45) is 2.99. The Labute approximate surface area is 215 Å². The molecule has 0 spiro atoms. The summed E-state index contributed by atoms with van der Waals surface area (Å²) in [5.41, 5.74) is 1.12. The van der Waals surface area contributed by atoms with Crippen molar-refractivity contribution in [3.63, 3.8) is 0 Å². The number of ether oxygens (including phenoxy) is 1. The molecule has 2 aromatic carbocycles. The van der Waals surface area contributed by atoms with E-state index < -0.39 is 27.1 Å². The first-order valence-corrected chi connectivity index (χ1v) is 13.6. The van der Waals surface area contributed by atoms with Crippen molar-refractivity contribution in [3.05, 3.63) is 70.6 Å². The topological polar surface area (TPSA) is 135 Å². The van der Waals surface area contributed by atoms with Crippen LogP contribution in [0.15, 0.2) is 69.9 Å². The van der Waals surface area contributed by atoms with Crippen molar-refractivity contribution < 1.29 is 27.5 Å². The molecule has 2 heterocycles. The van der Waals surface area contributed by atoms with Gasteiger partial charge >= 0.3 is 0 Å². The lowest BCUT2D eigenvalue weighted by atomic mass is 10.2. The molecule has 1 aliphatic rings. The molecule has 10 nitrogen and oxygen atoms in total. The summed E-state index contributed by atoms with van der Waals surface area (Å²) >= 11 is 1.97. The van der Waals surface area contributed by atoms with E-state index in [9.17, 15) is 22.8 Å². The summed E-state index contributed by atoms with van der Waals surface area (Å²) in [6.45, 7) is -0.0827. The average molecular weight is 545 g/mol. The van der Waals surface area contributed by atoms with Crippen molar-refractivity contribution in [2.75, 3.05) is 23.7 Å². The van der Waals surface area contributed by atoms with Crippen molar-refractivity contribution in [3.8, 4) is 5.75 Å². The van der Waals surface area contributed by atoms with Gasteiger partial charge in [0, 0.05) is 30.2 Å². The summed E-state index contributed by atoms with van der Waals surface area (Å²) in [6, 6.07) is 12.6. The molecule has 0 atom stereocenters. The first-order chi connectivity index (χ1) is 17.2. The number of hydrogen-bond donors (Lipinski definition) is 2.